The normalized spacial score (nSPS) is 10.7. The Kier molecular flexibility index (Phi) is 6.47. The van der Waals surface area contributed by atoms with Crippen LogP contribution in [0.1, 0.15) is 19.4 Å². The SMILES string of the molecule is CCN(CC)CCOc1ccc(Cl)c([C]=O)c1Cl. The first-order valence-electron chi connectivity index (χ1n) is 5.85. The van der Waals surface area contributed by atoms with Crippen molar-refractivity contribution in [1.29, 1.82) is 0 Å². The van der Waals surface area contributed by atoms with E-state index in [2.05, 4.69) is 18.7 Å². The van der Waals surface area contributed by atoms with E-state index in [0.717, 1.165) is 19.6 Å². The smallest absolute Gasteiger partial charge is 0.236 e. The Morgan fingerprint density at radius 2 is 1.94 bits per heavy atom. The quantitative estimate of drug-likeness (QED) is 0.772. The summed E-state index contributed by atoms with van der Waals surface area (Å²) in [7, 11) is 0. The Bertz CT molecular complexity index is 406. The van der Waals surface area contributed by atoms with Crippen molar-refractivity contribution in [2.24, 2.45) is 0 Å². The van der Waals surface area contributed by atoms with Gasteiger partial charge in [-0.25, -0.2) is 0 Å². The minimum Gasteiger partial charge on any atom is -0.491 e. The molecule has 0 aliphatic rings. The van der Waals surface area contributed by atoms with Crippen molar-refractivity contribution in [2.45, 2.75) is 13.8 Å². The van der Waals surface area contributed by atoms with Crippen LogP contribution in [-0.2, 0) is 4.79 Å². The second-order valence-corrected chi connectivity index (χ2v) is 4.50. The van der Waals surface area contributed by atoms with Crippen LogP contribution in [-0.4, -0.2) is 37.4 Å². The van der Waals surface area contributed by atoms with Crippen LogP contribution in [0.2, 0.25) is 10.0 Å². The maximum Gasteiger partial charge on any atom is 0.236 e. The van der Waals surface area contributed by atoms with Crippen molar-refractivity contribution >= 4 is 29.5 Å². The lowest BCUT2D eigenvalue weighted by Crippen LogP contribution is -2.27. The van der Waals surface area contributed by atoms with Gasteiger partial charge in [0.05, 0.1) is 15.6 Å². The number of halogens is 2. The Labute approximate surface area is 118 Å². The van der Waals surface area contributed by atoms with Crippen LogP contribution >= 0.6 is 23.2 Å². The van der Waals surface area contributed by atoms with Crippen molar-refractivity contribution < 1.29 is 9.53 Å². The Morgan fingerprint density at radius 1 is 1.28 bits per heavy atom. The topological polar surface area (TPSA) is 29.5 Å². The summed E-state index contributed by atoms with van der Waals surface area (Å²) in [6, 6.07) is 3.24. The molecule has 0 heterocycles. The monoisotopic (exact) mass is 288 g/mol. The maximum atomic E-state index is 10.7. The molecule has 0 fully saturated rings. The molecule has 18 heavy (non-hydrogen) atoms. The third-order valence-corrected chi connectivity index (χ3v) is 3.41. The fraction of sp³-hybridized carbons (Fsp3) is 0.462. The van der Waals surface area contributed by atoms with E-state index >= 15 is 0 Å². The van der Waals surface area contributed by atoms with Gasteiger partial charge in [-0.1, -0.05) is 37.0 Å². The molecule has 0 saturated heterocycles. The summed E-state index contributed by atoms with van der Waals surface area (Å²) in [5.74, 6) is 0.464. The van der Waals surface area contributed by atoms with Gasteiger partial charge in [0.2, 0.25) is 6.29 Å². The highest BCUT2D eigenvalue weighted by Gasteiger charge is 2.12. The largest absolute Gasteiger partial charge is 0.491 e. The first-order chi connectivity index (χ1) is 8.63. The lowest BCUT2D eigenvalue weighted by molar-refractivity contribution is 0.223. The molecule has 0 aromatic heterocycles. The van der Waals surface area contributed by atoms with Crippen LogP contribution in [0, 0.1) is 0 Å². The zero-order chi connectivity index (χ0) is 13.5. The number of benzene rings is 1. The molecular weight excluding hydrogens is 273 g/mol. The maximum absolute atomic E-state index is 10.7. The van der Waals surface area contributed by atoms with Crippen LogP contribution in [0.5, 0.6) is 5.75 Å². The number of nitrogens with zero attached hydrogens (tertiary/aromatic N) is 1. The molecule has 0 saturated carbocycles. The highest BCUT2D eigenvalue weighted by atomic mass is 35.5. The fourth-order valence-electron chi connectivity index (χ4n) is 1.56. The molecule has 1 aromatic rings. The summed E-state index contributed by atoms with van der Waals surface area (Å²) < 4.78 is 5.56. The van der Waals surface area contributed by atoms with Gasteiger partial charge >= 0.3 is 0 Å². The van der Waals surface area contributed by atoms with Crippen LogP contribution < -0.4 is 4.74 Å². The predicted octanol–water partition coefficient (Wildman–Crippen LogP) is 3.17. The van der Waals surface area contributed by atoms with E-state index in [1.807, 2.05) is 0 Å². The zero-order valence-corrected chi connectivity index (χ0v) is 12.0. The molecule has 1 radical (unpaired) electrons. The first kappa shape index (κ1) is 15.3. The first-order valence-corrected chi connectivity index (χ1v) is 6.60. The summed E-state index contributed by atoms with van der Waals surface area (Å²) in [4.78, 5) is 13.0. The van der Waals surface area contributed by atoms with Gasteiger partial charge in [-0.3, -0.25) is 4.79 Å². The van der Waals surface area contributed by atoms with Gasteiger partial charge in [-0.15, -0.1) is 0 Å². The number of hydrogen-bond donors (Lipinski definition) is 0. The van der Waals surface area contributed by atoms with Gasteiger partial charge in [0, 0.05) is 6.54 Å². The highest BCUT2D eigenvalue weighted by molar-refractivity contribution is 6.39. The van der Waals surface area contributed by atoms with E-state index in [1.165, 1.54) is 0 Å². The zero-order valence-electron chi connectivity index (χ0n) is 10.5. The Balaban J connectivity index is 2.66. The minimum atomic E-state index is 0.152. The summed E-state index contributed by atoms with van der Waals surface area (Å²) >= 11 is 11.8. The number of ether oxygens (including phenoxy) is 1. The Morgan fingerprint density at radius 3 is 2.50 bits per heavy atom. The molecule has 0 N–H and O–H groups in total. The lowest BCUT2D eigenvalue weighted by Gasteiger charge is -2.18. The highest BCUT2D eigenvalue weighted by Crippen LogP contribution is 2.32. The molecule has 0 spiro atoms. The molecule has 0 aliphatic heterocycles. The number of carbonyl (C=O) groups excluding carboxylic acids is 1. The summed E-state index contributed by atoms with van der Waals surface area (Å²) in [5, 5.41) is 0.503. The van der Waals surface area contributed by atoms with Crippen molar-refractivity contribution in [1.82, 2.24) is 4.90 Å². The van der Waals surface area contributed by atoms with Crippen molar-refractivity contribution in [2.75, 3.05) is 26.2 Å². The molecule has 0 aliphatic carbocycles. The van der Waals surface area contributed by atoms with E-state index in [9.17, 15) is 4.79 Å². The molecule has 1 rings (SSSR count). The van der Waals surface area contributed by atoms with Crippen LogP contribution in [0.3, 0.4) is 0 Å². The van der Waals surface area contributed by atoms with Gasteiger partial charge in [0.25, 0.3) is 0 Å². The number of rotatable bonds is 7. The third-order valence-electron chi connectivity index (χ3n) is 2.72. The van der Waals surface area contributed by atoms with E-state index < -0.39 is 0 Å². The average Bonchev–Trinajstić information content (AvgIpc) is 2.37. The fourth-order valence-corrected chi connectivity index (χ4v) is 2.07. The van der Waals surface area contributed by atoms with Gasteiger partial charge in [-0.05, 0) is 25.2 Å². The summed E-state index contributed by atoms with van der Waals surface area (Å²) in [5.41, 5.74) is 0.152. The summed E-state index contributed by atoms with van der Waals surface area (Å²) in [6.45, 7) is 7.47. The van der Waals surface area contributed by atoms with E-state index in [-0.39, 0.29) is 15.6 Å². The lowest BCUT2D eigenvalue weighted by atomic mass is 10.2. The van der Waals surface area contributed by atoms with E-state index in [1.54, 1.807) is 18.4 Å². The van der Waals surface area contributed by atoms with Gasteiger partial charge < -0.3 is 9.64 Å². The van der Waals surface area contributed by atoms with Crippen LogP contribution in [0.4, 0.5) is 0 Å². The molecule has 0 atom stereocenters. The molecule has 0 unspecified atom stereocenters. The number of hydrogen-bond acceptors (Lipinski definition) is 3. The summed E-state index contributed by atoms with van der Waals surface area (Å²) in [6.07, 6.45) is 1.72. The van der Waals surface area contributed by atoms with E-state index in [4.69, 9.17) is 27.9 Å². The predicted molar refractivity (Wildman–Crippen MR) is 74.5 cm³/mol. The molecule has 1 aromatic carbocycles. The van der Waals surface area contributed by atoms with Crippen molar-refractivity contribution in [3.63, 3.8) is 0 Å². The number of likely N-dealkylation sites (N-methyl/N-ethyl adjacent to an activating group) is 1. The van der Waals surface area contributed by atoms with E-state index in [0.29, 0.717) is 12.4 Å². The van der Waals surface area contributed by atoms with Crippen molar-refractivity contribution in [3.8, 4) is 5.75 Å². The van der Waals surface area contributed by atoms with Gasteiger partial charge in [0.15, 0.2) is 0 Å². The Hall–Kier alpha value is -0.770. The molecule has 0 amide bonds. The standard InChI is InChI=1S/C13H16Cl2NO2/c1-3-16(4-2)7-8-18-12-6-5-11(14)10(9-17)13(12)15/h5-6H,3-4,7-8H2,1-2H3. The molecule has 99 valence electrons. The average molecular weight is 289 g/mol. The molecular formula is C13H16Cl2NO2. The third kappa shape index (κ3) is 3.87. The molecule has 0 bridgehead atoms. The second kappa shape index (κ2) is 7.62. The van der Waals surface area contributed by atoms with Crippen molar-refractivity contribution in [3.05, 3.63) is 27.7 Å². The van der Waals surface area contributed by atoms with Gasteiger partial charge in [0.1, 0.15) is 12.4 Å². The molecule has 5 heteroatoms. The second-order valence-electron chi connectivity index (χ2n) is 3.71. The molecule has 3 nitrogen and oxygen atoms in total. The van der Waals surface area contributed by atoms with Gasteiger partial charge in [-0.2, -0.15) is 0 Å². The van der Waals surface area contributed by atoms with Crippen LogP contribution in [0.25, 0.3) is 0 Å². The van der Waals surface area contributed by atoms with Crippen LogP contribution in [0.15, 0.2) is 12.1 Å². The minimum absolute atomic E-state index is 0.152.